The summed E-state index contributed by atoms with van der Waals surface area (Å²) >= 11 is 9.15. The van der Waals surface area contributed by atoms with E-state index >= 15 is 0 Å². The van der Waals surface area contributed by atoms with Crippen molar-refractivity contribution in [1.29, 1.82) is 0 Å². The van der Waals surface area contributed by atoms with Crippen LogP contribution in [0.1, 0.15) is 12.5 Å². The molecule has 2 aromatic carbocycles. The molecular weight excluding hydrogens is 374 g/mol. The van der Waals surface area contributed by atoms with Gasteiger partial charge < -0.3 is 0 Å². The first-order chi connectivity index (χ1) is 9.86. The van der Waals surface area contributed by atoms with Crippen LogP contribution in [0.25, 0.3) is 0 Å². The zero-order chi connectivity index (χ0) is 15.6. The molecule has 0 N–H and O–H groups in total. The molecule has 0 amide bonds. The molecule has 6 heteroatoms. The number of hydrogen-bond donors (Lipinski definition) is 0. The third-order valence-corrected chi connectivity index (χ3v) is 6.25. The van der Waals surface area contributed by atoms with Crippen LogP contribution < -0.4 is 4.31 Å². The largest absolute Gasteiger partial charge is 0.269 e. The summed E-state index contributed by atoms with van der Waals surface area (Å²) in [5.41, 5.74) is 1.79. The second kappa shape index (κ2) is 6.38. The fourth-order valence-electron chi connectivity index (χ4n) is 1.88. The predicted molar refractivity (Wildman–Crippen MR) is 90.6 cm³/mol. The van der Waals surface area contributed by atoms with E-state index in [1.807, 2.05) is 12.1 Å². The van der Waals surface area contributed by atoms with Gasteiger partial charge in [0.15, 0.2) is 0 Å². The summed E-state index contributed by atoms with van der Waals surface area (Å²) in [6.07, 6.45) is 0.918. The fourth-order valence-corrected chi connectivity index (χ4v) is 3.75. The van der Waals surface area contributed by atoms with Crippen molar-refractivity contribution in [3.8, 4) is 0 Å². The molecule has 112 valence electrons. The Kier molecular flexibility index (Phi) is 4.96. The van der Waals surface area contributed by atoms with E-state index in [0.29, 0.717) is 15.2 Å². The second-order valence-corrected chi connectivity index (χ2v) is 7.80. The highest BCUT2D eigenvalue weighted by Gasteiger charge is 2.21. The van der Waals surface area contributed by atoms with Gasteiger partial charge in [0.25, 0.3) is 10.0 Å². The van der Waals surface area contributed by atoms with Gasteiger partial charge in [-0.2, -0.15) is 0 Å². The quantitative estimate of drug-likeness (QED) is 0.774. The molecule has 2 aromatic rings. The van der Waals surface area contributed by atoms with Gasteiger partial charge in [-0.3, -0.25) is 4.31 Å². The molecule has 0 fully saturated rings. The van der Waals surface area contributed by atoms with Crippen LogP contribution in [0.2, 0.25) is 5.02 Å². The van der Waals surface area contributed by atoms with Crippen LogP contribution in [0.3, 0.4) is 0 Å². The first-order valence-corrected chi connectivity index (χ1v) is 9.00. The Morgan fingerprint density at radius 1 is 1.14 bits per heavy atom. The van der Waals surface area contributed by atoms with E-state index in [0.717, 1.165) is 6.42 Å². The van der Waals surface area contributed by atoms with Gasteiger partial charge in [0.1, 0.15) is 0 Å². The molecule has 0 radical (unpaired) electrons. The lowest BCUT2D eigenvalue weighted by Crippen LogP contribution is -2.26. The Balaban J connectivity index is 2.39. The summed E-state index contributed by atoms with van der Waals surface area (Å²) in [7, 11) is -2.07. The Hall–Kier alpha value is -1.04. The zero-order valence-corrected chi connectivity index (χ0v) is 14.8. The molecule has 21 heavy (non-hydrogen) atoms. The van der Waals surface area contributed by atoms with Gasteiger partial charge in [-0.25, -0.2) is 8.42 Å². The predicted octanol–water partition coefficient (Wildman–Crippen LogP) is 4.49. The molecule has 0 aliphatic heterocycles. The van der Waals surface area contributed by atoms with Crippen LogP contribution in [-0.4, -0.2) is 15.5 Å². The molecule has 0 aliphatic rings. The van der Waals surface area contributed by atoms with Crippen LogP contribution in [0, 0.1) is 0 Å². The first-order valence-electron chi connectivity index (χ1n) is 6.39. The van der Waals surface area contributed by atoms with Crippen LogP contribution >= 0.6 is 27.5 Å². The molecule has 0 heterocycles. The van der Waals surface area contributed by atoms with Gasteiger partial charge in [0.05, 0.1) is 15.6 Å². The fraction of sp³-hybridized carbons (Fsp3) is 0.200. The monoisotopic (exact) mass is 387 g/mol. The summed E-state index contributed by atoms with van der Waals surface area (Å²) < 4.78 is 27.0. The Morgan fingerprint density at radius 3 is 2.29 bits per heavy atom. The minimum atomic E-state index is -3.61. The lowest BCUT2D eigenvalue weighted by molar-refractivity contribution is 0.594. The van der Waals surface area contributed by atoms with Crippen molar-refractivity contribution in [2.45, 2.75) is 18.2 Å². The van der Waals surface area contributed by atoms with Crippen LogP contribution in [-0.2, 0) is 16.4 Å². The highest BCUT2D eigenvalue weighted by atomic mass is 79.9. The summed E-state index contributed by atoms with van der Waals surface area (Å²) in [5, 5.41) is 0.476. The zero-order valence-electron chi connectivity index (χ0n) is 11.7. The summed E-state index contributed by atoms with van der Waals surface area (Å²) in [4.78, 5) is 0.195. The van der Waals surface area contributed by atoms with Crippen LogP contribution in [0.15, 0.2) is 51.8 Å². The van der Waals surface area contributed by atoms with Crippen molar-refractivity contribution in [1.82, 2.24) is 0 Å². The van der Waals surface area contributed by atoms with Crippen molar-refractivity contribution in [2.75, 3.05) is 11.4 Å². The summed E-state index contributed by atoms with van der Waals surface area (Å²) in [5.74, 6) is 0. The number of rotatable bonds is 4. The minimum Gasteiger partial charge on any atom is -0.269 e. The smallest absolute Gasteiger partial charge is 0.264 e. The highest BCUT2D eigenvalue weighted by molar-refractivity contribution is 9.10. The molecule has 0 saturated heterocycles. The van der Waals surface area contributed by atoms with Gasteiger partial charge in [0, 0.05) is 11.5 Å². The molecule has 0 spiro atoms. The standard InChI is InChI=1S/C15H15BrClNO2S/c1-3-11-4-6-12(7-5-11)18(2)21(19,20)13-8-9-15(17)14(16)10-13/h4-10H,3H2,1-2H3. The maximum atomic E-state index is 12.6. The van der Waals surface area contributed by atoms with Crippen molar-refractivity contribution in [3.63, 3.8) is 0 Å². The minimum absolute atomic E-state index is 0.195. The number of hydrogen-bond acceptors (Lipinski definition) is 2. The SMILES string of the molecule is CCc1ccc(N(C)S(=O)(=O)c2ccc(Cl)c(Br)c2)cc1. The third-order valence-electron chi connectivity index (χ3n) is 3.26. The number of halogens is 2. The molecule has 0 unspecified atom stereocenters. The number of benzene rings is 2. The molecule has 2 rings (SSSR count). The molecule has 3 nitrogen and oxygen atoms in total. The van der Waals surface area contributed by atoms with E-state index in [9.17, 15) is 8.42 Å². The van der Waals surface area contributed by atoms with Gasteiger partial charge in [-0.1, -0.05) is 30.7 Å². The Bertz CT molecular complexity index is 745. The van der Waals surface area contributed by atoms with Crippen molar-refractivity contribution in [2.24, 2.45) is 0 Å². The Morgan fingerprint density at radius 2 is 1.76 bits per heavy atom. The first kappa shape index (κ1) is 16.3. The summed E-state index contributed by atoms with van der Waals surface area (Å²) in [6, 6.07) is 12.0. The van der Waals surface area contributed by atoms with Crippen molar-refractivity contribution in [3.05, 3.63) is 57.5 Å². The van der Waals surface area contributed by atoms with E-state index in [4.69, 9.17) is 11.6 Å². The normalized spacial score (nSPS) is 11.4. The van der Waals surface area contributed by atoms with Crippen LogP contribution in [0.5, 0.6) is 0 Å². The van der Waals surface area contributed by atoms with Gasteiger partial charge in [0.2, 0.25) is 0 Å². The molecule has 0 bridgehead atoms. The highest BCUT2D eigenvalue weighted by Crippen LogP contribution is 2.28. The lowest BCUT2D eigenvalue weighted by atomic mass is 10.1. The average molecular weight is 389 g/mol. The Labute approximate surface area is 138 Å². The van der Waals surface area contributed by atoms with E-state index in [-0.39, 0.29) is 4.90 Å². The molecular formula is C15H15BrClNO2S. The van der Waals surface area contributed by atoms with E-state index in [2.05, 4.69) is 22.9 Å². The van der Waals surface area contributed by atoms with Crippen molar-refractivity contribution >= 4 is 43.2 Å². The summed E-state index contributed by atoms with van der Waals surface area (Å²) in [6.45, 7) is 2.06. The maximum absolute atomic E-state index is 12.6. The molecule has 0 aromatic heterocycles. The molecule has 0 saturated carbocycles. The number of anilines is 1. The van der Waals surface area contributed by atoms with Crippen molar-refractivity contribution < 1.29 is 8.42 Å². The number of nitrogens with zero attached hydrogens (tertiary/aromatic N) is 1. The second-order valence-electron chi connectivity index (χ2n) is 4.57. The van der Waals surface area contributed by atoms with Gasteiger partial charge >= 0.3 is 0 Å². The van der Waals surface area contributed by atoms with Gasteiger partial charge in [-0.05, 0) is 58.2 Å². The topological polar surface area (TPSA) is 37.4 Å². The van der Waals surface area contributed by atoms with E-state index in [1.54, 1.807) is 25.2 Å². The molecule has 0 atom stereocenters. The van der Waals surface area contributed by atoms with E-state index in [1.165, 1.54) is 22.0 Å². The van der Waals surface area contributed by atoms with Crippen LogP contribution in [0.4, 0.5) is 5.69 Å². The number of sulfonamides is 1. The maximum Gasteiger partial charge on any atom is 0.264 e. The average Bonchev–Trinajstić information content (AvgIpc) is 2.49. The van der Waals surface area contributed by atoms with E-state index < -0.39 is 10.0 Å². The van der Waals surface area contributed by atoms with Gasteiger partial charge in [-0.15, -0.1) is 0 Å². The number of aryl methyl sites for hydroxylation is 1. The third kappa shape index (κ3) is 3.42. The molecule has 0 aliphatic carbocycles. The lowest BCUT2D eigenvalue weighted by Gasteiger charge is -2.20.